The number of carbonyl (C=O) groups is 2. The summed E-state index contributed by atoms with van der Waals surface area (Å²) >= 11 is 0. The van der Waals surface area contributed by atoms with E-state index in [4.69, 9.17) is 5.11 Å². The maximum Gasteiger partial charge on any atom is 0.333 e. The van der Waals surface area contributed by atoms with Crippen molar-refractivity contribution < 1.29 is 19.4 Å². The van der Waals surface area contributed by atoms with Gasteiger partial charge in [0, 0.05) is 5.57 Å². The molecule has 0 atom stereocenters. The number of allylic oxidation sites excluding steroid dienone is 2. The normalized spacial score (nSPS) is 10.8. The minimum atomic E-state index is -0.607. The second-order valence-electron chi connectivity index (χ2n) is 2.29. The van der Waals surface area contributed by atoms with Gasteiger partial charge in [-0.1, -0.05) is 6.58 Å². The zero-order valence-electron chi connectivity index (χ0n) is 7.45. The lowest BCUT2D eigenvalue weighted by atomic mass is 10.2. The molecule has 0 fully saturated rings. The predicted molar refractivity (Wildman–Crippen MR) is 47.0 cm³/mol. The largest absolute Gasteiger partial charge is 0.460 e. The quantitative estimate of drug-likeness (QED) is 0.490. The van der Waals surface area contributed by atoms with Gasteiger partial charge in [-0.15, -0.1) is 0 Å². The first-order valence-electron chi connectivity index (χ1n) is 3.74. The maximum absolute atomic E-state index is 11.0. The molecule has 4 nitrogen and oxygen atoms in total. The van der Waals surface area contributed by atoms with Gasteiger partial charge in [-0.25, -0.2) is 4.79 Å². The molecule has 0 spiro atoms. The van der Waals surface area contributed by atoms with Crippen LogP contribution in [0.1, 0.15) is 6.92 Å². The number of aliphatic hydroxyl groups excluding tert-OH is 1. The Morgan fingerprint density at radius 1 is 1.54 bits per heavy atom. The lowest BCUT2D eigenvalue weighted by Gasteiger charge is -2.01. The van der Waals surface area contributed by atoms with Crippen LogP contribution in [0.3, 0.4) is 0 Å². The highest BCUT2D eigenvalue weighted by Crippen LogP contribution is 1.96. The average Bonchev–Trinajstić information content (AvgIpc) is 2.13. The molecule has 0 aliphatic carbocycles. The van der Waals surface area contributed by atoms with Gasteiger partial charge >= 0.3 is 5.97 Å². The number of hydrogen-bond donors (Lipinski definition) is 1. The zero-order chi connectivity index (χ0) is 10.3. The number of hydrogen-bond acceptors (Lipinski definition) is 4. The minimum Gasteiger partial charge on any atom is -0.460 e. The van der Waals surface area contributed by atoms with E-state index in [1.54, 1.807) is 0 Å². The van der Waals surface area contributed by atoms with Gasteiger partial charge in [-0.05, 0) is 19.1 Å². The Bertz CT molecular complexity index is 240. The fourth-order valence-electron chi connectivity index (χ4n) is 0.583. The number of carbonyl (C=O) groups excluding carboxylic acids is 2. The fourth-order valence-corrected chi connectivity index (χ4v) is 0.583. The van der Waals surface area contributed by atoms with E-state index in [0.29, 0.717) is 0 Å². The van der Waals surface area contributed by atoms with Gasteiger partial charge in [0.15, 0.2) is 5.78 Å². The van der Waals surface area contributed by atoms with Crippen LogP contribution in [0.2, 0.25) is 0 Å². The van der Waals surface area contributed by atoms with Crippen molar-refractivity contribution in [2.45, 2.75) is 6.92 Å². The number of esters is 1. The number of ketones is 1. The molecule has 0 bridgehead atoms. The van der Waals surface area contributed by atoms with E-state index in [9.17, 15) is 9.59 Å². The molecule has 0 aromatic carbocycles. The third kappa shape index (κ3) is 4.92. The topological polar surface area (TPSA) is 63.6 Å². The molecule has 0 unspecified atom stereocenters. The van der Waals surface area contributed by atoms with Crippen LogP contribution >= 0.6 is 0 Å². The molecule has 0 heterocycles. The fraction of sp³-hybridized carbons (Fsp3) is 0.333. The van der Waals surface area contributed by atoms with Crippen molar-refractivity contribution in [3.05, 3.63) is 24.3 Å². The standard InChI is InChI=1S/C9H12O4/c1-3-8(11)6-7(2)9(12)13-5-4-10/h3,6,10H,1,4-5H2,2H3. The smallest absolute Gasteiger partial charge is 0.333 e. The highest BCUT2D eigenvalue weighted by molar-refractivity contribution is 6.04. The molecule has 72 valence electrons. The van der Waals surface area contributed by atoms with Crippen LogP contribution in [0.4, 0.5) is 0 Å². The third-order valence-corrected chi connectivity index (χ3v) is 1.21. The van der Waals surface area contributed by atoms with E-state index < -0.39 is 5.97 Å². The van der Waals surface area contributed by atoms with E-state index >= 15 is 0 Å². The van der Waals surface area contributed by atoms with Crippen LogP contribution in [-0.2, 0) is 14.3 Å². The predicted octanol–water partition coefficient (Wildman–Crippen LogP) is 0.223. The van der Waals surface area contributed by atoms with Crippen molar-refractivity contribution in [3.63, 3.8) is 0 Å². The van der Waals surface area contributed by atoms with Gasteiger partial charge in [0.2, 0.25) is 0 Å². The van der Waals surface area contributed by atoms with Crippen molar-refractivity contribution in [1.82, 2.24) is 0 Å². The molecule has 1 N–H and O–H groups in total. The second-order valence-corrected chi connectivity index (χ2v) is 2.29. The molecule has 4 heteroatoms. The summed E-state index contributed by atoms with van der Waals surface area (Å²) in [6.07, 6.45) is 2.23. The number of rotatable bonds is 5. The lowest BCUT2D eigenvalue weighted by molar-refractivity contribution is -0.140. The van der Waals surface area contributed by atoms with E-state index in [0.717, 1.165) is 12.2 Å². The van der Waals surface area contributed by atoms with Crippen molar-refractivity contribution in [2.24, 2.45) is 0 Å². The van der Waals surface area contributed by atoms with Crippen LogP contribution in [0.15, 0.2) is 24.3 Å². The van der Waals surface area contributed by atoms with Crippen LogP contribution in [0, 0.1) is 0 Å². The highest BCUT2D eigenvalue weighted by Gasteiger charge is 2.05. The first-order valence-corrected chi connectivity index (χ1v) is 3.74. The summed E-state index contributed by atoms with van der Waals surface area (Å²) in [7, 11) is 0. The van der Waals surface area contributed by atoms with E-state index in [1.165, 1.54) is 6.92 Å². The monoisotopic (exact) mass is 184 g/mol. The minimum absolute atomic E-state index is 0.0632. The summed E-state index contributed by atoms with van der Waals surface area (Å²) in [5.74, 6) is -0.956. The summed E-state index contributed by atoms with van der Waals surface area (Å²) in [6.45, 7) is 4.42. The molecule has 0 saturated heterocycles. The molecule has 0 aliphatic rings. The summed E-state index contributed by atoms with van der Waals surface area (Å²) in [5, 5.41) is 8.35. The zero-order valence-corrected chi connectivity index (χ0v) is 7.45. The molecular weight excluding hydrogens is 172 g/mol. The van der Waals surface area contributed by atoms with Gasteiger partial charge in [-0.3, -0.25) is 4.79 Å². The Balaban J connectivity index is 4.16. The molecular formula is C9H12O4. The van der Waals surface area contributed by atoms with Gasteiger partial charge in [-0.2, -0.15) is 0 Å². The molecule has 0 saturated carbocycles. The van der Waals surface area contributed by atoms with Crippen LogP contribution in [0.25, 0.3) is 0 Å². The summed E-state index contributed by atoms with van der Waals surface area (Å²) in [4.78, 5) is 21.7. The van der Waals surface area contributed by atoms with Crippen LogP contribution in [-0.4, -0.2) is 30.1 Å². The SMILES string of the molecule is C=CC(=O)C=C(C)C(=O)OCCO. The molecule has 0 aromatic heterocycles. The molecule has 0 rings (SSSR count). The van der Waals surface area contributed by atoms with Gasteiger partial charge < -0.3 is 9.84 Å². The summed E-state index contributed by atoms with van der Waals surface area (Å²) in [5.41, 5.74) is 0.193. The van der Waals surface area contributed by atoms with Crippen LogP contribution in [0.5, 0.6) is 0 Å². The van der Waals surface area contributed by atoms with Crippen molar-refractivity contribution in [1.29, 1.82) is 0 Å². The summed E-state index contributed by atoms with van der Waals surface area (Å²) in [6, 6.07) is 0. The molecule has 0 aromatic rings. The van der Waals surface area contributed by atoms with Crippen LogP contribution < -0.4 is 0 Å². The Morgan fingerprint density at radius 2 is 2.15 bits per heavy atom. The lowest BCUT2D eigenvalue weighted by Crippen LogP contribution is -2.10. The van der Waals surface area contributed by atoms with Crippen molar-refractivity contribution in [3.8, 4) is 0 Å². The summed E-state index contributed by atoms with van der Waals surface area (Å²) < 4.78 is 4.55. The first-order chi connectivity index (χ1) is 6.11. The molecule has 0 aliphatic heterocycles. The Labute approximate surface area is 76.5 Å². The van der Waals surface area contributed by atoms with E-state index in [2.05, 4.69) is 11.3 Å². The third-order valence-electron chi connectivity index (χ3n) is 1.21. The Hall–Kier alpha value is -1.42. The number of ether oxygens (including phenoxy) is 1. The highest BCUT2D eigenvalue weighted by atomic mass is 16.5. The number of aliphatic hydroxyl groups is 1. The van der Waals surface area contributed by atoms with Gasteiger partial charge in [0.25, 0.3) is 0 Å². The van der Waals surface area contributed by atoms with Crippen molar-refractivity contribution >= 4 is 11.8 Å². The molecule has 13 heavy (non-hydrogen) atoms. The van der Waals surface area contributed by atoms with E-state index in [-0.39, 0.29) is 24.6 Å². The molecule has 0 amide bonds. The van der Waals surface area contributed by atoms with E-state index in [1.807, 2.05) is 0 Å². The second kappa shape index (κ2) is 6.14. The average molecular weight is 184 g/mol. The van der Waals surface area contributed by atoms with Gasteiger partial charge in [0.1, 0.15) is 6.61 Å². The van der Waals surface area contributed by atoms with Gasteiger partial charge in [0.05, 0.1) is 6.61 Å². The molecule has 0 radical (unpaired) electrons. The first kappa shape index (κ1) is 11.6. The maximum atomic E-state index is 11.0. The Morgan fingerprint density at radius 3 is 2.62 bits per heavy atom. The Kier molecular flexibility index (Phi) is 5.47. The van der Waals surface area contributed by atoms with Crippen molar-refractivity contribution in [2.75, 3.05) is 13.2 Å².